The molecule has 0 amide bonds. The monoisotopic (exact) mass is 322 g/mol. The van der Waals surface area contributed by atoms with Crippen molar-refractivity contribution in [3.8, 4) is 17.2 Å². The van der Waals surface area contributed by atoms with Gasteiger partial charge in [-0.05, 0) is 18.6 Å². The fourth-order valence-electron chi connectivity index (χ4n) is 2.10. The molecule has 7 nitrogen and oxygen atoms in total. The van der Waals surface area contributed by atoms with E-state index in [9.17, 15) is 14.7 Å². The largest absolute Gasteiger partial charge is 0.503 e. The number of hydrogen-bond donors (Lipinski definition) is 2. The summed E-state index contributed by atoms with van der Waals surface area (Å²) in [5.41, 5.74) is -0.696. The number of benzene rings is 1. The Kier molecular flexibility index (Phi) is 5.46. The van der Waals surface area contributed by atoms with Crippen LogP contribution in [0.25, 0.3) is 11.0 Å². The van der Waals surface area contributed by atoms with Gasteiger partial charge in [0.2, 0.25) is 5.75 Å². The topological polar surface area (TPSA) is 106 Å². The van der Waals surface area contributed by atoms with Crippen LogP contribution in [0.4, 0.5) is 0 Å². The van der Waals surface area contributed by atoms with Gasteiger partial charge < -0.3 is 24.1 Å². The molecule has 0 aliphatic heterocycles. The minimum Gasteiger partial charge on any atom is -0.503 e. The molecule has 23 heavy (non-hydrogen) atoms. The summed E-state index contributed by atoms with van der Waals surface area (Å²) in [5.74, 6) is -1.76. The van der Waals surface area contributed by atoms with Crippen molar-refractivity contribution in [3.63, 3.8) is 0 Å². The number of ether oxygens (including phenoxy) is 2. The van der Waals surface area contributed by atoms with Crippen molar-refractivity contribution in [3.05, 3.63) is 28.6 Å². The first kappa shape index (κ1) is 16.7. The lowest BCUT2D eigenvalue weighted by Crippen LogP contribution is -2.11. The Labute approximate surface area is 132 Å². The molecule has 1 aromatic heterocycles. The maximum Gasteiger partial charge on any atom is 0.383 e. The highest BCUT2D eigenvalue weighted by Crippen LogP contribution is 2.37. The molecule has 2 rings (SSSR count). The molecule has 2 aromatic rings. The molecular weight excluding hydrogens is 304 g/mol. The summed E-state index contributed by atoms with van der Waals surface area (Å²) in [4.78, 5) is 22.5. The van der Waals surface area contributed by atoms with Crippen molar-refractivity contribution in [2.75, 3.05) is 13.2 Å². The van der Waals surface area contributed by atoms with E-state index in [0.29, 0.717) is 0 Å². The highest BCUT2D eigenvalue weighted by molar-refractivity contribution is 5.91. The first-order valence-corrected chi connectivity index (χ1v) is 7.30. The van der Waals surface area contributed by atoms with Gasteiger partial charge in [0.05, 0.1) is 6.61 Å². The number of aromatic hydroxyl groups is 1. The molecule has 0 aliphatic rings. The SMILES string of the molecule is CCCCCOc1c(O)c2c(OCC(=O)O)cccc2oc1=O. The molecule has 2 N–H and O–H groups in total. The van der Waals surface area contributed by atoms with E-state index in [1.165, 1.54) is 18.2 Å². The third kappa shape index (κ3) is 3.94. The number of rotatable bonds is 8. The second kappa shape index (κ2) is 7.53. The third-order valence-electron chi connectivity index (χ3n) is 3.17. The number of aliphatic carboxylic acids is 1. The van der Waals surface area contributed by atoms with Crippen LogP contribution in [-0.2, 0) is 4.79 Å². The summed E-state index contributed by atoms with van der Waals surface area (Å²) < 4.78 is 15.6. The fourth-order valence-corrected chi connectivity index (χ4v) is 2.10. The lowest BCUT2D eigenvalue weighted by Gasteiger charge is -2.11. The summed E-state index contributed by atoms with van der Waals surface area (Å²) in [6.45, 7) is 1.73. The van der Waals surface area contributed by atoms with Gasteiger partial charge in [-0.2, -0.15) is 0 Å². The van der Waals surface area contributed by atoms with Crippen LogP contribution in [0, 0.1) is 0 Å². The fraction of sp³-hybridized carbons (Fsp3) is 0.375. The van der Waals surface area contributed by atoms with Crippen molar-refractivity contribution in [1.82, 2.24) is 0 Å². The van der Waals surface area contributed by atoms with Gasteiger partial charge in [-0.1, -0.05) is 25.8 Å². The summed E-state index contributed by atoms with van der Waals surface area (Å²) >= 11 is 0. The van der Waals surface area contributed by atoms with Gasteiger partial charge in [-0.15, -0.1) is 0 Å². The predicted molar refractivity (Wildman–Crippen MR) is 82.3 cm³/mol. The van der Waals surface area contributed by atoms with E-state index in [1.807, 2.05) is 6.92 Å². The molecule has 0 spiro atoms. The van der Waals surface area contributed by atoms with E-state index in [0.717, 1.165) is 19.3 Å². The average molecular weight is 322 g/mol. The van der Waals surface area contributed by atoms with Gasteiger partial charge in [-0.3, -0.25) is 0 Å². The van der Waals surface area contributed by atoms with Crippen LogP contribution < -0.4 is 15.1 Å². The quantitative estimate of drug-likeness (QED) is 0.568. The molecule has 0 radical (unpaired) electrons. The molecule has 1 heterocycles. The molecule has 0 bridgehead atoms. The summed E-state index contributed by atoms with van der Waals surface area (Å²) in [6, 6.07) is 4.49. The van der Waals surface area contributed by atoms with Crippen molar-refractivity contribution < 1.29 is 28.9 Å². The van der Waals surface area contributed by atoms with Crippen molar-refractivity contribution in [1.29, 1.82) is 0 Å². The molecule has 1 aromatic carbocycles. The molecule has 0 atom stereocenters. The Morgan fingerprint density at radius 3 is 2.74 bits per heavy atom. The molecule has 7 heteroatoms. The van der Waals surface area contributed by atoms with Crippen molar-refractivity contribution >= 4 is 16.9 Å². The highest BCUT2D eigenvalue weighted by atomic mass is 16.5. The van der Waals surface area contributed by atoms with Crippen LogP contribution >= 0.6 is 0 Å². The third-order valence-corrected chi connectivity index (χ3v) is 3.17. The van der Waals surface area contributed by atoms with Crippen molar-refractivity contribution in [2.45, 2.75) is 26.2 Å². The van der Waals surface area contributed by atoms with Gasteiger partial charge in [-0.25, -0.2) is 9.59 Å². The van der Waals surface area contributed by atoms with Crippen LogP contribution in [0.5, 0.6) is 17.2 Å². The van der Waals surface area contributed by atoms with Gasteiger partial charge >= 0.3 is 11.6 Å². The molecular formula is C16H18O7. The van der Waals surface area contributed by atoms with E-state index in [2.05, 4.69) is 0 Å². The highest BCUT2D eigenvalue weighted by Gasteiger charge is 2.19. The lowest BCUT2D eigenvalue weighted by molar-refractivity contribution is -0.139. The minimum absolute atomic E-state index is 0.0938. The smallest absolute Gasteiger partial charge is 0.383 e. The number of unbranched alkanes of at least 4 members (excludes halogenated alkanes) is 2. The Bertz CT molecular complexity index is 748. The average Bonchev–Trinajstić information content (AvgIpc) is 2.51. The van der Waals surface area contributed by atoms with Crippen LogP contribution in [0.15, 0.2) is 27.4 Å². The lowest BCUT2D eigenvalue weighted by atomic mass is 10.2. The number of carboxylic acid groups (broad SMARTS) is 1. The minimum atomic E-state index is -1.16. The van der Waals surface area contributed by atoms with Crippen LogP contribution in [0.3, 0.4) is 0 Å². The standard InChI is InChI=1S/C16H18O7/c1-2-3-4-8-21-15-14(19)13-10(22-9-12(17)18)6-5-7-11(13)23-16(15)20/h5-7,19H,2-4,8-9H2,1H3,(H,17,18). The molecule has 0 fully saturated rings. The Balaban J connectivity index is 2.39. The van der Waals surface area contributed by atoms with Gasteiger partial charge in [0.15, 0.2) is 12.4 Å². The Hall–Kier alpha value is -2.70. The summed E-state index contributed by atoms with van der Waals surface area (Å²) in [5, 5.41) is 19.1. The van der Waals surface area contributed by atoms with E-state index in [4.69, 9.17) is 19.0 Å². The molecule has 124 valence electrons. The molecule has 0 saturated carbocycles. The zero-order valence-corrected chi connectivity index (χ0v) is 12.7. The number of fused-ring (bicyclic) bond motifs is 1. The predicted octanol–water partition coefficient (Wildman–Crippen LogP) is 2.53. The van der Waals surface area contributed by atoms with E-state index < -0.39 is 24.0 Å². The van der Waals surface area contributed by atoms with Gasteiger partial charge in [0.25, 0.3) is 0 Å². The molecule has 0 aliphatic carbocycles. The molecule has 0 unspecified atom stereocenters. The Morgan fingerprint density at radius 1 is 1.26 bits per heavy atom. The second-order valence-electron chi connectivity index (χ2n) is 4.93. The van der Waals surface area contributed by atoms with E-state index in [-0.39, 0.29) is 29.1 Å². The number of carboxylic acids is 1. The van der Waals surface area contributed by atoms with E-state index >= 15 is 0 Å². The van der Waals surface area contributed by atoms with Crippen molar-refractivity contribution in [2.24, 2.45) is 0 Å². The zero-order chi connectivity index (χ0) is 16.8. The summed E-state index contributed by atoms with van der Waals surface area (Å²) in [7, 11) is 0. The van der Waals surface area contributed by atoms with Crippen LogP contribution in [-0.4, -0.2) is 29.4 Å². The zero-order valence-electron chi connectivity index (χ0n) is 12.7. The molecule has 0 saturated heterocycles. The first-order chi connectivity index (χ1) is 11.0. The number of carbonyl (C=O) groups is 1. The van der Waals surface area contributed by atoms with Gasteiger partial charge in [0, 0.05) is 0 Å². The number of hydrogen-bond acceptors (Lipinski definition) is 6. The van der Waals surface area contributed by atoms with Crippen LogP contribution in [0.2, 0.25) is 0 Å². The normalized spacial score (nSPS) is 10.7. The first-order valence-electron chi connectivity index (χ1n) is 7.30. The Morgan fingerprint density at radius 2 is 2.04 bits per heavy atom. The van der Waals surface area contributed by atoms with Crippen LogP contribution in [0.1, 0.15) is 26.2 Å². The van der Waals surface area contributed by atoms with Gasteiger partial charge in [0.1, 0.15) is 16.7 Å². The maximum absolute atomic E-state index is 11.9. The summed E-state index contributed by atoms with van der Waals surface area (Å²) in [6.07, 6.45) is 2.67. The second-order valence-corrected chi connectivity index (χ2v) is 4.93. The maximum atomic E-state index is 11.9. The van der Waals surface area contributed by atoms with E-state index in [1.54, 1.807) is 0 Å².